The molecule has 3 aromatic rings. The van der Waals surface area contributed by atoms with Gasteiger partial charge in [0.25, 0.3) is 0 Å². The van der Waals surface area contributed by atoms with Crippen molar-refractivity contribution in [2.45, 2.75) is 70.3 Å². The molecular weight excluding hydrogens is 505 g/mol. The quantitative estimate of drug-likeness (QED) is 0.333. The largest absolute Gasteiger partial charge is 0.489 e. The minimum Gasteiger partial charge on any atom is -0.489 e. The molecule has 0 aliphatic heterocycles. The lowest BCUT2D eigenvalue weighted by atomic mass is 9.62. The maximum atomic E-state index is 13.0. The number of aliphatic hydroxyl groups excluding tert-OH is 1. The number of benzene rings is 3. The Labute approximate surface area is 226 Å². The standard InChI is InChI=1S/C32H31F3O4/c1-30(2)15-16-31(3,4)28-25(30)17-23(26(36)14-9-20-5-10-22(11-6-20)29(37)38)18-27(28)39-19-21-7-12-24(13-8-21)32(33,34)35/h5-8,10-13,17-18,26,36H,15-16,19H2,1-4H3,(H,37,38). The molecule has 1 aliphatic rings. The van der Waals surface area contributed by atoms with Crippen molar-refractivity contribution in [1.29, 1.82) is 0 Å². The first-order valence-corrected chi connectivity index (χ1v) is 12.7. The van der Waals surface area contributed by atoms with Crippen LogP contribution in [0.1, 0.15) is 90.4 Å². The molecule has 0 saturated carbocycles. The third-order valence-electron chi connectivity index (χ3n) is 7.38. The van der Waals surface area contributed by atoms with E-state index in [2.05, 4.69) is 39.5 Å². The highest BCUT2D eigenvalue weighted by Gasteiger charge is 2.40. The highest BCUT2D eigenvalue weighted by atomic mass is 19.4. The summed E-state index contributed by atoms with van der Waals surface area (Å²) in [5, 5.41) is 20.1. The molecule has 0 amide bonds. The molecule has 3 aromatic carbocycles. The molecule has 39 heavy (non-hydrogen) atoms. The zero-order valence-electron chi connectivity index (χ0n) is 22.3. The van der Waals surface area contributed by atoms with Crippen molar-refractivity contribution in [2.75, 3.05) is 0 Å². The van der Waals surface area contributed by atoms with E-state index in [-0.39, 0.29) is 23.0 Å². The number of carbonyl (C=O) groups is 1. The molecular formula is C32H31F3O4. The molecule has 0 spiro atoms. The molecule has 0 heterocycles. The monoisotopic (exact) mass is 536 g/mol. The van der Waals surface area contributed by atoms with E-state index < -0.39 is 23.8 Å². The zero-order chi connectivity index (χ0) is 28.6. The summed E-state index contributed by atoms with van der Waals surface area (Å²) < 4.78 is 45.1. The van der Waals surface area contributed by atoms with Crippen molar-refractivity contribution < 1.29 is 32.9 Å². The molecule has 0 radical (unpaired) electrons. The lowest BCUT2D eigenvalue weighted by molar-refractivity contribution is -0.137. The Morgan fingerprint density at radius 1 is 0.974 bits per heavy atom. The fraction of sp³-hybridized carbons (Fsp3) is 0.344. The number of aromatic carboxylic acids is 1. The fourth-order valence-corrected chi connectivity index (χ4v) is 4.91. The van der Waals surface area contributed by atoms with E-state index in [4.69, 9.17) is 9.84 Å². The Hall–Kier alpha value is -3.76. The molecule has 0 saturated heterocycles. The first kappa shape index (κ1) is 28.3. The average Bonchev–Trinajstić information content (AvgIpc) is 2.88. The van der Waals surface area contributed by atoms with Crippen molar-refractivity contribution in [3.8, 4) is 17.6 Å². The highest BCUT2D eigenvalue weighted by Crippen LogP contribution is 2.50. The molecule has 7 heteroatoms. The van der Waals surface area contributed by atoms with E-state index in [1.807, 2.05) is 6.07 Å². The van der Waals surface area contributed by atoms with E-state index in [1.54, 1.807) is 18.2 Å². The van der Waals surface area contributed by atoms with Crippen LogP contribution >= 0.6 is 0 Å². The van der Waals surface area contributed by atoms with Gasteiger partial charge in [0, 0.05) is 11.1 Å². The molecule has 2 N–H and O–H groups in total. The first-order valence-electron chi connectivity index (χ1n) is 12.7. The minimum atomic E-state index is -4.40. The van der Waals surface area contributed by atoms with Crippen LogP contribution in [0.15, 0.2) is 60.7 Å². The van der Waals surface area contributed by atoms with Gasteiger partial charge in [-0.3, -0.25) is 0 Å². The van der Waals surface area contributed by atoms with Crippen molar-refractivity contribution in [3.05, 3.63) is 99.6 Å². The van der Waals surface area contributed by atoms with E-state index >= 15 is 0 Å². The number of hydrogen-bond donors (Lipinski definition) is 2. The van der Waals surface area contributed by atoms with Gasteiger partial charge in [0.1, 0.15) is 18.5 Å². The number of carboxylic acid groups (broad SMARTS) is 1. The minimum absolute atomic E-state index is 0.0717. The second kappa shape index (κ2) is 10.4. The number of rotatable bonds is 5. The summed E-state index contributed by atoms with van der Waals surface area (Å²) in [6.07, 6.45) is -3.68. The Balaban J connectivity index is 1.68. The SMILES string of the molecule is CC1(C)CCC(C)(C)c2c(OCc3ccc(C(F)(F)F)cc3)cc(C(O)C#Cc3ccc(C(=O)O)cc3)cc21. The van der Waals surface area contributed by atoms with Crippen LogP contribution in [0.4, 0.5) is 13.2 Å². The second-order valence-corrected chi connectivity index (χ2v) is 11.2. The zero-order valence-corrected chi connectivity index (χ0v) is 22.3. The van der Waals surface area contributed by atoms with Gasteiger partial charge < -0.3 is 14.9 Å². The van der Waals surface area contributed by atoms with Crippen molar-refractivity contribution >= 4 is 5.97 Å². The number of hydrogen-bond acceptors (Lipinski definition) is 3. The maximum absolute atomic E-state index is 13.0. The smallest absolute Gasteiger partial charge is 0.416 e. The van der Waals surface area contributed by atoms with E-state index in [9.17, 15) is 23.1 Å². The van der Waals surface area contributed by atoms with Crippen LogP contribution in [0.2, 0.25) is 0 Å². The summed E-state index contributed by atoms with van der Waals surface area (Å²) in [7, 11) is 0. The van der Waals surface area contributed by atoms with Crippen LogP contribution in [-0.2, 0) is 23.6 Å². The van der Waals surface area contributed by atoms with Crippen LogP contribution in [0.25, 0.3) is 0 Å². The topological polar surface area (TPSA) is 66.8 Å². The molecule has 1 unspecified atom stereocenters. The molecule has 1 aliphatic carbocycles. The molecule has 4 nitrogen and oxygen atoms in total. The predicted molar refractivity (Wildman–Crippen MR) is 143 cm³/mol. The van der Waals surface area contributed by atoms with Crippen LogP contribution in [0.5, 0.6) is 5.75 Å². The summed E-state index contributed by atoms with van der Waals surface area (Å²) in [4.78, 5) is 11.1. The summed E-state index contributed by atoms with van der Waals surface area (Å²) in [5.74, 6) is 5.28. The van der Waals surface area contributed by atoms with Crippen molar-refractivity contribution in [1.82, 2.24) is 0 Å². The van der Waals surface area contributed by atoms with E-state index in [1.165, 1.54) is 24.3 Å². The number of aliphatic hydroxyl groups is 1. The van der Waals surface area contributed by atoms with Gasteiger partial charge in [-0.1, -0.05) is 57.7 Å². The van der Waals surface area contributed by atoms with Gasteiger partial charge in [-0.25, -0.2) is 4.79 Å². The van der Waals surface area contributed by atoms with Crippen LogP contribution in [0.3, 0.4) is 0 Å². The van der Waals surface area contributed by atoms with Gasteiger partial charge >= 0.3 is 12.1 Å². The van der Waals surface area contributed by atoms with Gasteiger partial charge in [0.15, 0.2) is 0 Å². The molecule has 4 rings (SSSR count). The number of halogens is 3. The third kappa shape index (κ3) is 6.29. The number of fused-ring (bicyclic) bond motifs is 1. The van der Waals surface area contributed by atoms with Crippen molar-refractivity contribution in [2.24, 2.45) is 0 Å². The summed E-state index contributed by atoms with van der Waals surface area (Å²) in [6, 6.07) is 14.7. The van der Waals surface area contributed by atoms with Crippen LogP contribution < -0.4 is 4.74 Å². The number of carboxylic acids is 1. The van der Waals surface area contributed by atoms with Crippen LogP contribution in [0, 0.1) is 11.8 Å². The Morgan fingerprint density at radius 2 is 1.59 bits per heavy atom. The Bertz CT molecular complexity index is 1420. The Morgan fingerprint density at radius 3 is 2.18 bits per heavy atom. The molecule has 1 atom stereocenters. The third-order valence-corrected chi connectivity index (χ3v) is 7.38. The lowest BCUT2D eigenvalue weighted by Crippen LogP contribution is -2.34. The normalized spacial score (nSPS) is 16.4. The molecule has 0 aromatic heterocycles. The average molecular weight is 537 g/mol. The summed E-state index contributed by atoms with van der Waals surface area (Å²) >= 11 is 0. The van der Waals surface area contributed by atoms with Gasteiger partial charge in [-0.2, -0.15) is 13.2 Å². The number of alkyl halides is 3. The fourth-order valence-electron chi connectivity index (χ4n) is 4.91. The van der Waals surface area contributed by atoms with Crippen LogP contribution in [-0.4, -0.2) is 16.2 Å². The molecule has 0 fully saturated rings. The summed E-state index contributed by atoms with van der Waals surface area (Å²) in [5.41, 5.74) is 2.83. The summed E-state index contributed by atoms with van der Waals surface area (Å²) in [6.45, 7) is 8.65. The van der Waals surface area contributed by atoms with Gasteiger partial charge in [-0.05, 0) is 82.8 Å². The van der Waals surface area contributed by atoms with E-state index in [0.29, 0.717) is 22.4 Å². The van der Waals surface area contributed by atoms with Gasteiger partial charge in [0.2, 0.25) is 0 Å². The second-order valence-electron chi connectivity index (χ2n) is 11.2. The highest BCUT2D eigenvalue weighted by molar-refractivity contribution is 5.87. The van der Waals surface area contributed by atoms with Gasteiger partial charge in [-0.15, -0.1) is 0 Å². The number of ether oxygens (including phenoxy) is 1. The van der Waals surface area contributed by atoms with Crippen molar-refractivity contribution in [3.63, 3.8) is 0 Å². The Kier molecular flexibility index (Phi) is 7.55. The van der Waals surface area contributed by atoms with E-state index in [0.717, 1.165) is 36.1 Å². The molecule has 0 bridgehead atoms. The molecule has 204 valence electrons. The first-order chi connectivity index (χ1) is 18.2. The van der Waals surface area contributed by atoms with Gasteiger partial charge in [0.05, 0.1) is 11.1 Å². The predicted octanol–water partition coefficient (Wildman–Crippen LogP) is 7.42. The lowest BCUT2D eigenvalue weighted by Gasteiger charge is -2.43. The maximum Gasteiger partial charge on any atom is 0.416 e.